The largest absolute Gasteiger partial charge is 0.493 e. The van der Waals surface area contributed by atoms with Crippen molar-refractivity contribution in [1.29, 1.82) is 0 Å². The first kappa shape index (κ1) is 22.2. The van der Waals surface area contributed by atoms with Crippen LogP contribution in [0.2, 0.25) is 0 Å². The van der Waals surface area contributed by atoms with Crippen molar-refractivity contribution in [3.05, 3.63) is 53.6 Å². The van der Waals surface area contributed by atoms with Crippen LogP contribution in [0.25, 0.3) is 0 Å². The van der Waals surface area contributed by atoms with E-state index in [2.05, 4.69) is 37.9 Å². The number of benzene rings is 2. The summed E-state index contributed by atoms with van der Waals surface area (Å²) in [5.41, 5.74) is 3.08. The SMILES string of the molecule is CCCN(CCC)CC1COc2ccc(OC(=O)Nc3ccc(C(C)C)cc3)cc21. The summed E-state index contributed by atoms with van der Waals surface area (Å²) in [6.07, 6.45) is 1.80. The summed E-state index contributed by atoms with van der Waals surface area (Å²) in [4.78, 5) is 14.8. The minimum atomic E-state index is -0.485. The first-order valence-electron chi connectivity index (χ1n) is 11.1. The Kier molecular flexibility index (Phi) is 7.75. The second kappa shape index (κ2) is 10.5. The molecule has 2 aromatic carbocycles. The van der Waals surface area contributed by atoms with E-state index >= 15 is 0 Å². The van der Waals surface area contributed by atoms with Crippen LogP contribution in [0, 0.1) is 0 Å². The summed E-state index contributed by atoms with van der Waals surface area (Å²) in [7, 11) is 0. The van der Waals surface area contributed by atoms with Crippen molar-refractivity contribution >= 4 is 11.8 Å². The first-order chi connectivity index (χ1) is 14.5. The molecule has 0 bridgehead atoms. The van der Waals surface area contributed by atoms with Gasteiger partial charge in [0.05, 0.1) is 6.61 Å². The minimum absolute atomic E-state index is 0.299. The molecule has 5 heteroatoms. The number of ether oxygens (including phenoxy) is 2. The molecule has 1 aliphatic rings. The first-order valence-corrected chi connectivity index (χ1v) is 11.1. The highest BCUT2D eigenvalue weighted by Gasteiger charge is 2.26. The van der Waals surface area contributed by atoms with E-state index in [0.717, 1.165) is 49.5 Å². The number of rotatable bonds is 9. The lowest BCUT2D eigenvalue weighted by Gasteiger charge is -2.24. The number of hydrogen-bond donors (Lipinski definition) is 1. The van der Waals surface area contributed by atoms with Gasteiger partial charge in [-0.25, -0.2) is 4.79 Å². The Bertz CT molecular complexity index is 827. The molecule has 0 aromatic heterocycles. The standard InChI is InChI=1S/C25H34N2O3/c1-5-13-27(14-6-2)16-20-17-29-24-12-11-22(15-23(20)24)30-25(28)26-21-9-7-19(8-10-21)18(3)4/h7-12,15,18,20H,5-6,13-14,16-17H2,1-4H3,(H,26,28). The molecule has 0 radical (unpaired) electrons. The van der Waals surface area contributed by atoms with E-state index in [4.69, 9.17) is 9.47 Å². The number of nitrogens with one attached hydrogen (secondary N) is 1. The van der Waals surface area contributed by atoms with Crippen molar-refractivity contribution in [3.8, 4) is 11.5 Å². The number of amides is 1. The van der Waals surface area contributed by atoms with Crippen molar-refractivity contribution in [2.75, 3.05) is 31.6 Å². The lowest BCUT2D eigenvalue weighted by atomic mass is 10.00. The smallest absolute Gasteiger partial charge is 0.417 e. The third-order valence-corrected chi connectivity index (χ3v) is 5.45. The zero-order valence-electron chi connectivity index (χ0n) is 18.6. The third-order valence-electron chi connectivity index (χ3n) is 5.45. The molecule has 0 saturated heterocycles. The Morgan fingerprint density at radius 2 is 1.83 bits per heavy atom. The number of nitrogens with zero attached hydrogens (tertiary/aromatic N) is 1. The van der Waals surface area contributed by atoms with Crippen molar-refractivity contribution < 1.29 is 14.3 Å². The van der Waals surface area contributed by atoms with E-state index in [0.29, 0.717) is 24.2 Å². The van der Waals surface area contributed by atoms with Gasteiger partial charge in [0.15, 0.2) is 0 Å². The number of hydrogen-bond acceptors (Lipinski definition) is 4. The Labute approximate surface area is 180 Å². The van der Waals surface area contributed by atoms with Crippen molar-refractivity contribution in [3.63, 3.8) is 0 Å². The fourth-order valence-electron chi connectivity index (χ4n) is 3.91. The molecule has 1 atom stereocenters. The number of carbonyl (C=O) groups is 1. The summed E-state index contributed by atoms with van der Waals surface area (Å²) in [5.74, 6) is 2.19. The summed E-state index contributed by atoms with van der Waals surface area (Å²) in [6.45, 7) is 12.5. The molecule has 2 aromatic rings. The molecule has 1 unspecified atom stereocenters. The second-order valence-electron chi connectivity index (χ2n) is 8.30. The van der Waals surface area contributed by atoms with Crippen molar-refractivity contribution in [2.24, 2.45) is 0 Å². The highest BCUT2D eigenvalue weighted by Crippen LogP contribution is 2.37. The lowest BCUT2D eigenvalue weighted by Crippen LogP contribution is -2.30. The molecule has 1 aliphatic heterocycles. The minimum Gasteiger partial charge on any atom is -0.493 e. The van der Waals surface area contributed by atoms with Crippen LogP contribution in [0.4, 0.5) is 10.5 Å². The fourth-order valence-corrected chi connectivity index (χ4v) is 3.91. The van der Waals surface area contributed by atoms with Crippen LogP contribution in [0.15, 0.2) is 42.5 Å². The molecule has 0 aliphatic carbocycles. The Morgan fingerprint density at radius 3 is 2.47 bits per heavy atom. The average Bonchev–Trinajstić information content (AvgIpc) is 3.11. The van der Waals surface area contributed by atoms with E-state index in [1.807, 2.05) is 36.4 Å². The average molecular weight is 411 g/mol. The molecular weight excluding hydrogens is 376 g/mol. The molecular formula is C25H34N2O3. The highest BCUT2D eigenvalue weighted by atomic mass is 16.6. The van der Waals surface area contributed by atoms with E-state index in [-0.39, 0.29) is 0 Å². The van der Waals surface area contributed by atoms with Gasteiger partial charge >= 0.3 is 6.09 Å². The van der Waals surface area contributed by atoms with Crippen LogP contribution < -0.4 is 14.8 Å². The van der Waals surface area contributed by atoms with Crippen molar-refractivity contribution in [2.45, 2.75) is 52.4 Å². The van der Waals surface area contributed by atoms with E-state index in [9.17, 15) is 4.79 Å². The maximum atomic E-state index is 12.4. The lowest BCUT2D eigenvalue weighted by molar-refractivity contribution is 0.215. The van der Waals surface area contributed by atoms with Gasteiger partial charge in [-0.05, 0) is 67.7 Å². The van der Waals surface area contributed by atoms with Crippen LogP contribution in [0.1, 0.15) is 63.5 Å². The van der Waals surface area contributed by atoms with Gasteiger partial charge < -0.3 is 14.4 Å². The van der Waals surface area contributed by atoms with Crippen LogP contribution in [0.5, 0.6) is 11.5 Å². The van der Waals surface area contributed by atoms with Gasteiger partial charge in [-0.2, -0.15) is 0 Å². The van der Waals surface area contributed by atoms with Gasteiger partial charge in [-0.15, -0.1) is 0 Å². The summed E-state index contributed by atoms with van der Waals surface area (Å²) in [6, 6.07) is 13.5. The molecule has 3 rings (SSSR count). The van der Waals surface area contributed by atoms with Gasteiger partial charge in [0.2, 0.25) is 0 Å². The molecule has 1 amide bonds. The molecule has 0 saturated carbocycles. The van der Waals surface area contributed by atoms with E-state index in [1.54, 1.807) is 6.07 Å². The Hall–Kier alpha value is -2.53. The van der Waals surface area contributed by atoms with Crippen LogP contribution in [0.3, 0.4) is 0 Å². The molecule has 30 heavy (non-hydrogen) atoms. The van der Waals surface area contributed by atoms with Gasteiger partial charge in [-0.1, -0.05) is 39.8 Å². The quantitative estimate of drug-likeness (QED) is 0.549. The van der Waals surface area contributed by atoms with E-state index in [1.165, 1.54) is 5.56 Å². The molecule has 1 heterocycles. The summed E-state index contributed by atoms with van der Waals surface area (Å²) >= 11 is 0. The second-order valence-corrected chi connectivity index (χ2v) is 8.30. The number of fused-ring (bicyclic) bond motifs is 1. The normalized spacial score (nSPS) is 15.2. The third kappa shape index (κ3) is 5.76. The van der Waals surface area contributed by atoms with Gasteiger partial charge in [0.1, 0.15) is 11.5 Å². The zero-order valence-corrected chi connectivity index (χ0v) is 18.6. The molecule has 5 nitrogen and oxygen atoms in total. The van der Waals surface area contributed by atoms with E-state index < -0.39 is 6.09 Å². The maximum Gasteiger partial charge on any atom is 0.417 e. The zero-order chi connectivity index (χ0) is 21.5. The molecule has 1 N–H and O–H groups in total. The summed E-state index contributed by atoms with van der Waals surface area (Å²) < 4.78 is 11.4. The predicted octanol–water partition coefficient (Wildman–Crippen LogP) is 6.02. The Balaban J connectivity index is 1.63. The topological polar surface area (TPSA) is 50.8 Å². The van der Waals surface area contributed by atoms with Gasteiger partial charge in [0, 0.05) is 23.7 Å². The molecule has 162 valence electrons. The van der Waals surface area contributed by atoms with Crippen LogP contribution in [-0.4, -0.2) is 37.2 Å². The van der Waals surface area contributed by atoms with Crippen molar-refractivity contribution in [1.82, 2.24) is 4.90 Å². The highest BCUT2D eigenvalue weighted by molar-refractivity contribution is 5.86. The number of carbonyl (C=O) groups excluding carboxylic acids is 1. The monoisotopic (exact) mass is 410 g/mol. The van der Waals surface area contributed by atoms with Crippen LogP contribution >= 0.6 is 0 Å². The predicted molar refractivity (Wildman–Crippen MR) is 122 cm³/mol. The Morgan fingerprint density at radius 1 is 1.13 bits per heavy atom. The number of anilines is 1. The fraction of sp³-hybridized carbons (Fsp3) is 0.480. The maximum absolute atomic E-state index is 12.4. The van der Waals surface area contributed by atoms with Gasteiger partial charge in [-0.3, -0.25) is 5.32 Å². The van der Waals surface area contributed by atoms with Crippen LogP contribution in [-0.2, 0) is 0 Å². The molecule has 0 spiro atoms. The summed E-state index contributed by atoms with van der Waals surface area (Å²) in [5, 5.41) is 2.80. The molecule has 0 fully saturated rings. The van der Waals surface area contributed by atoms with Gasteiger partial charge in [0.25, 0.3) is 0 Å².